The summed E-state index contributed by atoms with van der Waals surface area (Å²) < 4.78 is 42.4. The van der Waals surface area contributed by atoms with Gasteiger partial charge < -0.3 is 9.84 Å². The number of carboxylic acid groups (broad SMARTS) is 1. The molecule has 3 nitrogen and oxygen atoms in total. The lowest BCUT2D eigenvalue weighted by atomic mass is 10.2. The van der Waals surface area contributed by atoms with E-state index >= 15 is 0 Å². The van der Waals surface area contributed by atoms with E-state index in [0.717, 1.165) is 12.1 Å². The third-order valence-corrected chi connectivity index (χ3v) is 2.52. The highest BCUT2D eigenvalue weighted by atomic mass is 19.4. The highest BCUT2D eigenvalue weighted by molar-refractivity contribution is 5.87. The van der Waals surface area contributed by atoms with E-state index in [4.69, 9.17) is 9.84 Å². The summed E-state index contributed by atoms with van der Waals surface area (Å²) in [4.78, 5) is 10.7. The summed E-state index contributed by atoms with van der Waals surface area (Å²) in [5.41, 5.74) is -0.657. The molecule has 2 rings (SSSR count). The molecule has 1 N–H and O–H groups in total. The van der Waals surface area contributed by atoms with Crippen LogP contribution >= 0.6 is 0 Å². The maximum atomic E-state index is 12.4. The van der Waals surface area contributed by atoms with Crippen LogP contribution in [0.3, 0.4) is 0 Å². The van der Waals surface area contributed by atoms with Gasteiger partial charge in [-0.15, -0.1) is 0 Å². The Bertz CT molecular complexity index is 601. The van der Waals surface area contributed by atoms with Crippen LogP contribution in [-0.4, -0.2) is 11.1 Å². The molecule has 0 spiro atoms. The molecule has 0 unspecified atom stereocenters. The fraction of sp³-hybridized carbons (Fsp3) is 0.0714. The molecule has 0 aliphatic carbocycles. The predicted octanol–water partition coefficient (Wildman–Crippen LogP) is 4.20. The number of hydrogen-bond acceptors (Lipinski definition) is 2. The molecule has 0 aromatic heterocycles. The summed E-state index contributed by atoms with van der Waals surface area (Å²) in [7, 11) is 0. The van der Waals surface area contributed by atoms with Crippen LogP contribution in [0.2, 0.25) is 0 Å². The molecule has 0 saturated carbocycles. The number of alkyl halides is 3. The van der Waals surface area contributed by atoms with Crippen molar-refractivity contribution in [3.8, 4) is 11.5 Å². The van der Waals surface area contributed by atoms with Crippen molar-refractivity contribution >= 4 is 5.97 Å². The molecule has 20 heavy (non-hydrogen) atoms. The number of hydrogen-bond donors (Lipinski definition) is 1. The molecule has 0 fully saturated rings. The lowest BCUT2D eigenvalue weighted by Gasteiger charge is -2.09. The van der Waals surface area contributed by atoms with Gasteiger partial charge in [-0.3, -0.25) is 0 Å². The van der Waals surface area contributed by atoms with E-state index in [1.807, 2.05) is 0 Å². The molecule has 0 aliphatic heterocycles. The van der Waals surface area contributed by atoms with Crippen molar-refractivity contribution in [3.05, 3.63) is 59.7 Å². The van der Waals surface area contributed by atoms with Crippen molar-refractivity contribution < 1.29 is 27.8 Å². The highest BCUT2D eigenvalue weighted by Crippen LogP contribution is 2.31. The van der Waals surface area contributed by atoms with Gasteiger partial charge in [0.05, 0.1) is 11.1 Å². The molecule has 0 atom stereocenters. The Morgan fingerprint density at radius 1 is 0.900 bits per heavy atom. The first kappa shape index (κ1) is 13.9. The van der Waals surface area contributed by atoms with Gasteiger partial charge in [0.1, 0.15) is 11.5 Å². The largest absolute Gasteiger partial charge is 0.478 e. The maximum Gasteiger partial charge on any atom is 0.416 e. The number of carbonyl (C=O) groups is 1. The second-order valence-corrected chi connectivity index (χ2v) is 3.95. The molecule has 6 heteroatoms. The molecule has 2 aromatic rings. The van der Waals surface area contributed by atoms with Gasteiger partial charge in [0, 0.05) is 0 Å². The maximum absolute atomic E-state index is 12.4. The number of halogens is 3. The van der Waals surface area contributed by atoms with Crippen molar-refractivity contribution in [3.63, 3.8) is 0 Å². The van der Waals surface area contributed by atoms with Gasteiger partial charge in [0.2, 0.25) is 0 Å². The molecule has 104 valence electrons. The van der Waals surface area contributed by atoms with Crippen LogP contribution < -0.4 is 4.74 Å². The number of rotatable bonds is 3. The normalized spacial score (nSPS) is 11.2. The van der Waals surface area contributed by atoms with E-state index in [9.17, 15) is 18.0 Å². The zero-order chi connectivity index (χ0) is 14.8. The van der Waals surface area contributed by atoms with Crippen LogP contribution in [0, 0.1) is 0 Å². The topological polar surface area (TPSA) is 46.5 Å². The third kappa shape index (κ3) is 3.28. The average molecular weight is 282 g/mol. The fourth-order valence-electron chi connectivity index (χ4n) is 1.51. The average Bonchev–Trinajstić information content (AvgIpc) is 2.39. The van der Waals surface area contributed by atoms with Gasteiger partial charge in [-0.2, -0.15) is 13.2 Å². The first-order valence-electron chi connectivity index (χ1n) is 5.55. The Kier molecular flexibility index (Phi) is 3.65. The van der Waals surface area contributed by atoms with Gasteiger partial charge in [-0.05, 0) is 48.5 Å². The van der Waals surface area contributed by atoms with E-state index in [0.29, 0.717) is 5.75 Å². The number of benzene rings is 2. The monoisotopic (exact) mass is 282 g/mol. The van der Waals surface area contributed by atoms with Crippen molar-refractivity contribution in [2.75, 3.05) is 0 Å². The van der Waals surface area contributed by atoms with Crippen molar-refractivity contribution in [1.82, 2.24) is 0 Å². The zero-order valence-corrected chi connectivity index (χ0v) is 10.0. The van der Waals surface area contributed by atoms with Gasteiger partial charge in [-0.1, -0.05) is 0 Å². The summed E-state index contributed by atoms with van der Waals surface area (Å²) in [5, 5.41) is 8.72. The van der Waals surface area contributed by atoms with Crippen LogP contribution in [0.25, 0.3) is 0 Å². The SMILES string of the molecule is O=C(O)c1ccc(Oc2ccc(C(F)(F)F)cc2)cc1. The Morgan fingerprint density at radius 2 is 1.35 bits per heavy atom. The number of aromatic carboxylic acids is 1. The van der Waals surface area contributed by atoms with Gasteiger partial charge in [-0.25, -0.2) is 4.79 Å². The number of carboxylic acids is 1. The first-order chi connectivity index (χ1) is 9.36. The Balaban J connectivity index is 2.12. The van der Waals surface area contributed by atoms with E-state index in [-0.39, 0.29) is 11.3 Å². The summed E-state index contributed by atoms with van der Waals surface area (Å²) in [6.45, 7) is 0. The van der Waals surface area contributed by atoms with E-state index in [2.05, 4.69) is 0 Å². The molecule has 0 saturated heterocycles. The summed E-state index contributed by atoms with van der Waals surface area (Å²) in [5.74, 6) is -0.484. The van der Waals surface area contributed by atoms with Crippen LogP contribution in [0.5, 0.6) is 11.5 Å². The van der Waals surface area contributed by atoms with Crippen LogP contribution in [0.1, 0.15) is 15.9 Å². The van der Waals surface area contributed by atoms with Gasteiger partial charge in [0.25, 0.3) is 0 Å². The van der Waals surface area contributed by atoms with Crippen molar-refractivity contribution in [1.29, 1.82) is 0 Å². The molecule has 0 heterocycles. The van der Waals surface area contributed by atoms with E-state index in [1.54, 1.807) is 0 Å². The minimum absolute atomic E-state index is 0.102. The Labute approximate surface area is 112 Å². The zero-order valence-electron chi connectivity index (χ0n) is 10.0. The predicted molar refractivity (Wildman–Crippen MR) is 64.9 cm³/mol. The van der Waals surface area contributed by atoms with Crippen molar-refractivity contribution in [2.45, 2.75) is 6.18 Å². The minimum Gasteiger partial charge on any atom is -0.478 e. The second kappa shape index (κ2) is 5.24. The van der Waals surface area contributed by atoms with E-state index in [1.165, 1.54) is 36.4 Å². The molecular formula is C14H9F3O3. The van der Waals surface area contributed by atoms with Crippen LogP contribution in [-0.2, 0) is 6.18 Å². The highest BCUT2D eigenvalue weighted by Gasteiger charge is 2.30. The Morgan fingerprint density at radius 3 is 1.75 bits per heavy atom. The second-order valence-electron chi connectivity index (χ2n) is 3.95. The molecule has 0 aliphatic rings. The summed E-state index contributed by atoms with van der Waals surface area (Å²) in [6, 6.07) is 9.80. The molecular weight excluding hydrogens is 273 g/mol. The lowest BCUT2D eigenvalue weighted by Crippen LogP contribution is -2.04. The smallest absolute Gasteiger partial charge is 0.416 e. The van der Waals surface area contributed by atoms with Crippen LogP contribution in [0.4, 0.5) is 13.2 Å². The van der Waals surface area contributed by atoms with Crippen molar-refractivity contribution in [2.24, 2.45) is 0 Å². The summed E-state index contributed by atoms with van der Waals surface area (Å²) in [6.07, 6.45) is -4.39. The molecule has 2 aromatic carbocycles. The summed E-state index contributed by atoms with van der Waals surface area (Å²) >= 11 is 0. The van der Waals surface area contributed by atoms with Gasteiger partial charge >= 0.3 is 12.1 Å². The third-order valence-electron chi connectivity index (χ3n) is 2.52. The van der Waals surface area contributed by atoms with Crippen LogP contribution in [0.15, 0.2) is 48.5 Å². The first-order valence-corrected chi connectivity index (χ1v) is 5.55. The molecule has 0 bridgehead atoms. The molecule has 0 radical (unpaired) electrons. The number of ether oxygens (including phenoxy) is 1. The lowest BCUT2D eigenvalue weighted by molar-refractivity contribution is -0.137. The molecule has 0 amide bonds. The standard InChI is InChI=1S/C14H9F3O3/c15-14(16,17)10-3-7-12(8-4-10)20-11-5-1-9(2-6-11)13(18)19/h1-8H,(H,18,19). The van der Waals surface area contributed by atoms with E-state index < -0.39 is 17.7 Å². The Hall–Kier alpha value is -2.50. The minimum atomic E-state index is -4.39. The quantitative estimate of drug-likeness (QED) is 0.917. The fourth-order valence-corrected chi connectivity index (χ4v) is 1.51. The van der Waals surface area contributed by atoms with Gasteiger partial charge in [0.15, 0.2) is 0 Å².